The van der Waals surface area contributed by atoms with Gasteiger partial charge >= 0.3 is 0 Å². The predicted octanol–water partition coefficient (Wildman–Crippen LogP) is 0.458. The van der Waals surface area contributed by atoms with Gasteiger partial charge in [0.2, 0.25) is 0 Å². The lowest BCUT2D eigenvalue weighted by Gasteiger charge is -2.31. The van der Waals surface area contributed by atoms with Crippen molar-refractivity contribution in [3.63, 3.8) is 0 Å². The number of hydrogen-bond donors (Lipinski definition) is 0. The monoisotopic (exact) mass is 334 g/mol. The molecule has 3 heterocycles. The summed E-state index contributed by atoms with van der Waals surface area (Å²) in [5.74, 6) is 1.64. The summed E-state index contributed by atoms with van der Waals surface area (Å²) in [6.45, 7) is 3.47. The van der Waals surface area contributed by atoms with E-state index in [1.807, 2.05) is 43.1 Å². The summed E-state index contributed by atoms with van der Waals surface area (Å²) >= 11 is 0. The number of aromatic nitrogens is 1. The zero-order valence-electron chi connectivity index (χ0n) is 14.6. The standard InChI is InChI=1S/C17H26N4O3/c1-19(2)16-14(5-4-7-18-16)24-13-6-8-21(11-13)17(22)15-12-20(3)9-10-23-15/h4-5,7,13,15H,6,8-12H2,1-3H3/t13-,15+/m0/s1. The van der Waals surface area contributed by atoms with Crippen molar-refractivity contribution in [2.75, 3.05) is 58.8 Å². The van der Waals surface area contributed by atoms with Crippen molar-refractivity contribution in [1.82, 2.24) is 14.8 Å². The van der Waals surface area contributed by atoms with Crippen LogP contribution >= 0.6 is 0 Å². The van der Waals surface area contributed by atoms with Gasteiger partial charge in [0, 0.05) is 46.3 Å². The van der Waals surface area contributed by atoms with Crippen LogP contribution in [0.25, 0.3) is 0 Å². The molecule has 1 aromatic heterocycles. The first-order valence-electron chi connectivity index (χ1n) is 8.42. The molecule has 0 N–H and O–H groups in total. The number of carbonyl (C=O) groups excluding carboxylic acids is 1. The Morgan fingerprint density at radius 1 is 1.38 bits per heavy atom. The first-order valence-corrected chi connectivity index (χ1v) is 8.42. The second kappa shape index (κ2) is 7.36. The summed E-state index contributed by atoms with van der Waals surface area (Å²) < 4.78 is 11.7. The molecule has 0 saturated carbocycles. The maximum atomic E-state index is 12.6. The minimum Gasteiger partial charge on any atom is -0.485 e. The van der Waals surface area contributed by atoms with E-state index in [1.165, 1.54) is 0 Å². The number of nitrogens with zero attached hydrogens (tertiary/aromatic N) is 4. The third kappa shape index (κ3) is 3.79. The van der Waals surface area contributed by atoms with Gasteiger partial charge in [-0.25, -0.2) is 4.98 Å². The molecule has 1 amide bonds. The number of carbonyl (C=O) groups is 1. The Balaban J connectivity index is 1.59. The van der Waals surface area contributed by atoms with E-state index in [1.54, 1.807) is 6.20 Å². The molecule has 2 saturated heterocycles. The van der Waals surface area contributed by atoms with Crippen LogP contribution in [-0.2, 0) is 9.53 Å². The minimum atomic E-state index is -0.349. The zero-order valence-corrected chi connectivity index (χ0v) is 14.6. The number of ether oxygens (including phenoxy) is 2. The highest BCUT2D eigenvalue weighted by Gasteiger charge is 2.34. The Bertz CT molecular complexity index is 581. The van der Waals surface area contributed by atoms with Crippen LogP contribution in [0.1, 0.15) is 6.42 Å². The van der Waals surface area contributed by atoms with E-state index < -0.39 is 0 Å². The van der Waals surface area contributed by atoms with Crippen molar-refractivity contribution in [2.45, 2.75) is 18.6 Å². The Morgan fingerprint density at radius 2 is 2.21 bits per heavy atom. The van der Waals surface area contributed by atoms with Gasteiger partial charge < -0.3 is 24.2 Å². The van der Waals surface area contributed by atoms with Crippen LogP contribution < -0.4 is 9.64 Å². The fourth-order valence-corrected chi connectivity index (χ4v) is 3.15. The number of anilines is 1. The topological polar surface area (TPSA) is 58.1 Å². The van der Waals surface area contributed by atoms with Crippen LogP contribution in [0.2, 0.25) is 0 Å². The summed E-state index contributed by atoms with van der Waals surface area (Å²) in [5, 5.41) is 0. The molecular formula is C17H26N4O3. The van der Waals surface area contributed by atoms with Crippen molar-refractivity contribution in [2.24, 2.45) is 0 Å². The molecular weight excluding hydrogens is 308 g/mol. The molecule has 3 rings (SSSR count). The summed E-state index contributed by atoms with van der Waals surface area (Å²) in [7, 11) is 5.90. The van der Waals surface area contributed by atoms with E-state index in [4.69, 9.17) is 9.47 Å². The van der Waals surface area contributed by atoms with Crippen LogP contribution in [0.3, 0.4) is 0 Å². The van der Waals surface area contributed by atoms with E-state index in [-0.39, 0.29) is 18.1 Å². The fraction of sp³-hybridized carbons (Fsp3) is 0.647. The average molecular weight is 334 g/mol. The van der Waals surface area contributed by atoms with E-state index in [0.717, 1.165) is 24.5 Å². The molecule has 0 radical (unpaired) electrons. The largest absolute Gasteiger partial charge is 0.485 e. The van der Waals surface area contributed by atoms with Gasteiger partial charge in [-0.3, -0.25) is 4.79 Å². The number of rotatable bonds is 4. The SMILES string of the molecule is CN1CCO[C@@H](C(=O)N2CC[C@H](Oc3cccnc3N(C)C)C2)C1. The average Bonchev–Trinajstić information content (AvgIpc) is 3.03. The number of likely N-dealkylation sites (N-methyl/N-ethyl adjacent to an activating group) is 1. The van der Waals surface area contributed by atoms with Crippen LogP contribution in [0.15, 0.2) is 18.3 Å². The third-order valence-corrected chi connectivity index (χ3v) is 4.47. The summed E-state index contributed by atoms with van der Waals surface area (Å²) in [6, 6.07) is 3.79. The van der Waals surface area contributed by atoms with Gasteiger partial charge in [0.05, 0.1) is 13.2 Å². The Hall–Kier alpha value is -1.86. The quantitative estimate of drug-likeness (QED) is 0.797. The first kappa shape index (κ1) is 17.0. The molecule has 7 heteroatoms. The molecule has 0 bridgehead atoms. The van der Waals surface area contributed by atoms with Crippen LogP contribution in [0.4, 0.5) is 5.82 Å². The summed E-state index contributed by atoms with van der Waals surface area (Å²) in [6.07, 6.45) is 2.23. The maximum absolute atomic E-state index is 12.6. The molecule has 2 atom stereocenters. The number of hydrogen-bond acceptors (Lipinski definition) is 6. The molecule has 2 aliphatic rings. The molecule has 1 aromatic rings. The summed E-state index contributed by atoms with van der Waals surface area (Å²) in [4.78, 5) is 22.9. The van der Waals surface area contributed by atoms with E-state index in [2.05, 4.69) is 9.88 Å². The van der Waals surface area contributed by atoms with E-state index >= 15 is 0 Å². The van der Waals surface area contributed by atoms with Crippen LogP contribution in [0.5, 0.6) is 5.75 Å². The highest BCUT2D eigenvalue weighted by Crippen LogP contribution is 2.27. The lowest BCUT2D eigenvalue weighted by atomic mass is 10.2. The van der Waals surface area contributed by atoms with Gasteiger partial charge in [-0.2, -0.15) is 0 Å². The highest BCUT2D eigenvalue weighted by atomic mass is 16.5. The molecule has 0 aliphatic carbocycles. The molecule has 2 fully saturated rings. The Kier molecular flexibility index (Phi) is 5.20. The maximum Gasteiger partial charge on any atom is 0.253 e. The second-order valence-electron chi connectivity index (χ2n) is 6.65. The minimum absolute atomic E-state index is 0.00169. The number of pyridine rings is 1. The number of amides is 1. The Labute approximate surface area is 143 Å². The molecule has 24 heavy (non-hydrogen) atoms. The number of likely N-dealkylation sites (tertiary alicyclic amines) is 1. The van der Waals surface area contributed by atoms with Crippen LogP contribution in [-0.4, -0.2) is 86.8 Å². The van der Waals surface area contributed by atoms with E-state index in [0.29, 0.717) is 26.2 Å². The molecule has 2 aliphatic heterocycles. The van der Waals surface area contributed by atoms with Crippen molar-refractivity contribution in [3.05, 3.63) is 18.3 Å². The molecule has 7 nitrogen and oxygen atoms in total. The fourth-order valence-electron chi connectivity index (χ4n) is 3.15. The summed E-state index contributed by atoms with van der Waals surface area (Å²) in [5.41, 5.74) is 0. The smallest absolute Gasteiger partial charge is 0.253 e. The molecule has 132 valence electrons. The number of morpholine rings is 1. The normalized spacial score (nSPS) is 24.9. The predicted molar refractivity (Wildman–Crippen MR) is 91.4 cm³/mol. The van der Waals surface area contributed by atoms with Gasteiger partial charge in [-0.1, -0.05) is 0 Å². The van der Waals surface area contributed by atoms with E-state index in [9.17, 15) is 4.79 Å². The van der Waals surface area contributed by atoms with Gasteiger partial charge in [-0.15, -0.1) is 0 Å². The third-order valence-electron chi connectivity index (χ3n) is 4.47. The van der Waals surface area contributed by atoms with Gasteiger partial charge in [0.25, 0.3) is 5.91 Å². The van der Waals surface area contributed by atoms with Crippen molar-refractivity contribution in [3.8, 4) is 5.75 Å². The van der Waals surface area contributed by atoms with Gasteiger partial charge in [0.1, 0.15) is 12.2 Å². The van der Waals surface area contributed by atoms with Crippen molar-refractivity contribution < 1.29 is 14.3 Å². The highest BCUT2D eigenvalue weighted by molar-refractivity contribution is 5.81. The van der Waals surface area contributed by atoms with Crippen molar-refractivity contribution in [1.29, 1.82) is 0 Å². The second-order valence-corrected chi connectivity index (χ2v) is 6.65. The van der Waals surface area contributed by atoms with Crippen molar-refractivity contribution >= 4 is 11.7 Å². The van der Waals surface area contributed by atoms with Gasteiger partial charge in [-0.05, 0) is 19.2 Å². The lowest BCUT2D eigenvalue weighted by Crippen LogP contribution is -2.49. The first-order chi connectivity index (χ1) is 11.5. The van der Waals surface area contributed by atoms with Crippen LogP contribution in [0, 0.1) is 0 Å². The molecule has 0 unspecified atom stereocenters. The van der Waals surface area contributed by atoms with Gasteiger partial charge in [0.15, 0.2) is 11.6 Å². The Morgan fingerprint density at radius 3 is 2.96 bits per heavy atom. The zero-order chi connectivity index (χ0) is 17.1. The molecule has 0 aromatic carbocycles. The lowest BCUT2D eigenvalue weighted by molar-refractivity contribution is -0.148. The molecule has 0 spiro atoms.